The Labute approximate surface area is 79.0 Å². The van der Waals surface area contributed by atoms with Crippen LogP contribution in [-0.4, -0.2) is 4.98 Å². The van der Waals surface area contributed by atoms with Gasteiger partial charge in [-0.25, -0.2) is 4.39 Å². The van der Waals surface area contributed by atoms with Crippen LogP contribution < -0.4 is 0 Å². The quantitative estimate of drug-likeness (QED) is 0.692. The van der Waals surface area contributed by atoms with Crippen LogP contribution in [0.2, 0.25) is 0 Å². The molecule has 13 heavy (non-hydrogen) atoms. The third-order valence-corrected chi connectivity index (χ3v) is 2.24. The summed E-state index contributed by atoms with van der Waals surface area (Å²) in [6.07, 6.45) is 4.99. The van der Waals surface area contributed by atoms with Crippen LogP contribution in [-0.2, 0) is 0 Å². The molecule has 0 bridgehead atoms. The minimum absolute atomic E-state index is 0.187. The molecule has 0 saturated carbocycles. The van der Waals surface area contributed by atoms with Gasteiger partial charge in [0.05, 0.1) is 0 Å². The molecule has 0 aliphatic carbocycles. The van der Waals surface area contributed by atoms with E-state index in [4.69, 9.17) is 0 Å². The first kappa shape index (κ1) is 10.2. The van der Waals surface area contributed by atoms with Crippen molar-refractivity contribution in [2.45, 2.75) is 39.0 Å². The number of halogens is 1. The van der Waals surface area contributed by atoms with Gasteiger partial charge in [-0.15, -0.1) is 0 Å². The third-order valence-electron chi connectivity index (χ3n) is 2.24. The van der Waals surface area contributed by atoms with Gasteiger partial charge in [0.15, 0.2) is 0 Å². The standard InChI is InChI=1S/C11H16FN/c1-3-4-5-9(2)11-8-10(12)6-7-13-11/h6-9H,3-5H2,1-2H3. The normalized spacial score (nSPS) is 12.8. The van der Waals surface area contributed by atoms with Crippen molar-refractivity contribution in [3.05, 3.63) is 29.8 Å². The number of nitrogens with zero attached hydrogens (tertiary/aromatic N) is 1. The van der Waals surface area contributed by atoms with Gasteiger partial charge in [0.25, 0.3) is 0 Å². The van der Waals surface area contributed by atoms with E-state index in [-0.39, 0.29) is 5.82 Å². The van der Waals surface area contributed by atoms with Crippen molar-refractivity contribution in [1.29, 1.82) is 0 Å². The molecule has 1 rings (SSSR count). The molecule has 0 spiro atoms. The molecule has 2 heteroatoms. The van der Waals surface area contributed by atoms with Crippen molar-refractivity contribution in [3.63, 3.8) is 0 Å². The van der Waals surface area contributed by atoms with E-state index >= 15 is 0 Å². The summed E-state index contributed by atoms with van der Waals surface area (Å²) in [4.78, 5) is 4.15. The summed E-state index contributed by atoms with van der Waals surface area (Å²) >= 11 is 0. The number of pyridine rings is 1. The highest BCUT2D eigenvalue weighted by atomic mass is 19.1. The molecule has 1 unspecified atom stereocenters. The van der Waals surface area contributed by atoms with Crippen molar-refractivity contribution in [3.8, 4) is 0 Å². The molecule has 0 radical (unpaired) electrons. The second-order valence-corrected chi connectivity index (χ2v) is 3.44. The fourth-order valence-electron chi connectivity index (χ4n) is 1.35. The average molecular weight is 181 g/mol. The van der Waals surface area contributed by atoms with Gasteiger partial charge in [0.1, 0.15) is 5.82 Å². The Kier molecular flexibility index (Phi) is 3.87. The van der Waals surface area contributed by atoms with Crippen LogP contribution >= 0.6 is 0 Å². The largest absolute Gasteiger partial charge is 0.261 e. The van der Waals surface area contributed by atoms with Gasteiger partial charge in [-0.2, -0.15) is 0 Å². The molecule has 1 nitrogen and oxygen atoms in total. The van der Waals surface area contributed by atoms with E-state index in [0.29, 0.717) is 5.92 Å². The highest BCUT2D eigenvalue weighted by molar-refractivity contribution is 5.09. The minimum Gasteiger partial charge on any atom is -0.261 e. The fourth-order valence-corrected chi connectivity index (χ4v) is 1.35. The summed E-state index contributed by atoms with van der Waals surface area (Å²) < 4.78 is 12.8. The first-order valence-electron chi connectivity index (χ1n) is 4.85. The summed E-state index contributed by atoms with van der Waals surface area (Å²) in [7, 11) is 0. The van der Waals surface area contributed by atoms with Crippen molar-refractivity contribution in [2.75, 3.05) is 0 Å². The lowest BCUT2D eigenvalue weighted by Crippen LogP contribution is -1.97. The Bertz CT molecular complexity index is 260. The lowest BCUT2D eigenvalue weighted by atomic mass is 10.0. The molecule has 0 aromatic carbocycles. The number of unbranched alkanes of at least 4 members (excludes halogenated alkanes) is 1. The molecule has 1 heterocycles. The minimum atomic E-state index is -0.187. The van der Waals surface area contributed by atoms with Crippen LogP contribution in [0.25, 0.3) is 0 Å². The highest BCUT2D eigenvalue weighted by Crippen LogP contribution is 2.19. The molecule has 0 fully saturated rings. The molecule has 0 N–H and O–H groups in total. The van der Waals surface area contributed by atoms with Crippen LogP contribution in [0.15, 0.2) is 18.3 Å². The van der Waals surface area contributed by atoms with Gasteiger partial charge >= 0.3 is 0 Å². The van der Waals surface area contributed by atoms with Crippen molar-refractivity contribution in [2.24, 2.45) is 0 Å². The average Bonchev–Trinajstić information content (AvgIpc) is 2.14. The first-order valence-corrected chi connectivity index (χ1v) is 4.85. The van der Waals surface area contributed by atoms with Gasteiger partial charge < -0.3 is 0 Å². The van der Waals surface area contributed by atoms with Gasteiger partial charge in [-0.1, -0.05) is 26.7 Å². The van der Waals surface area contributed by atoms with E-state index in [9.17, 15) is 4.39 Å². The Morgan fingerprint density at radius 1 is 1.54 bits per heavy atom. The summed E-state index contributed by atoms with van der Waals surface area (Å²) in [5.41, 5.74) is 0.869. The maximum atomic E-state index is 12.8. The third kappa shape index (κ3) is 3.13. The van der Waals surface area contributed by atoms with Gasteiger partial charge in [0.2, 0.25) is 0 Å². The van der Waals surface area contributed by atoms with E-state index in [2.05, 4.69) is 18.8 Å². The molecule has 1 aromatic heterocycles. The van der Waals surface area contributed by atoms with E-state index in [0.717, 1.165) is 12.1 Å². The van der Waals surface area contributed by atoms with Gasteiger partial charge in [-0.05, 0) is 24.5 Å². The molecular weight excluding hydrogens is 165 g/mol. The monoisotopic (exact) mass is 181 g/mol. The molecular formula is C11H16FN. The van der Waals surface area contributed by atoms with E-state index in [1.165, 1.54) is 31.2 Å². The van der Waals surface area contributed by atoms with Crippen LogP contribution in [0.1, 0.15) is 44.7 Å². The molecule has 1 atom stereocenters. The zero-order valence-corrected chi connectivity index (χ0v) is 8.26. The predicted octanol–water partition coefficient (Wildman–Crippen LogP) is 3.51. The number of rotatable bonds is 4. The number of aromatic nitrogens is 1. The zero-order chi connectivity index (χ0) is 9.68. The van der Waals surface area contributed by atoms with E-state index in [1.807, 2.05) is 0 Å². The highest BCUT2D eigenvalue weighted by Gasteiger charge is 2.06. The van der Waals surface area contributed by atoms with Crippen molar-refractivity contribution < 1.29 is 4.39 Å². The number of hydrogen-bond donors (Lipinski definition) is 0. The summed E-state index contributed by atoms with van der Waals surface area (Å²) in [6, 6.07) is 2.91. The van der Waals surface area contributed by atoms with Gasteiger partial charge in [-0.3, -0.25) is 4.98 Å². The van der Waals surface area contributed by atoms with Crippen LogP contribution in [0.3, 0.4) is 0 Å². The zero-order valence-electron chi connectivity index (χ0n) is 8.26. The maximum Gasteiger partial charge on any atom is 0.126 e. The van der Waals surface area contributed by atoms with E-state index < -0.39 is 0 Å². The van der Waals surface area contributed by atoms with Crippen LogP contribution in [0.4, 0.5) is 4.39 Å². The van der Waals surface area contributed by atoms with Crippen molar-refractivity contribution in [1.82, 2.24) is 4.98 Å². The Balaban J connectivity index is 2.60. The molecule has 0 amide bonds. The Morgan fingerprint density at radius 2 is 2.31 bits per heavy atom. The topological polar surface area (TPSA) is 12.9 Å². The van der Waals surface area contributed by atoms with Gasteiger partial charge in [0, 0.05) is 11.9 Å². The van der Waals surface area contributed by atoms with E-state index in [1.54, 1.807) is 0 Å². The lowest BCUT2D eigenvalue weighted by molar-refractivity contribution is 0.589. The molecule has 0 aliphatic rings. The smallest absolute Gasteiger partial charge is 0.126 e. The van der Waals surface area contributed by atoms with Crippen LogP contribution in [0.5, 0.6) is 0 Å². The maximum absolute atomic E-state index is 12.8. The first-order chi connectivity index (χ1) is 6.24. The predicted molar refractivity (Wildman–Crippen MR) is 52.1 cm³/mol. The molecule has 1 aromatic rings. The molecule has 0 saturated heterocycles. The second kappa shape index (κ2) is 4.95. The molecule has 72 valence electrons. The number of hydrogen-bond acceptors (Lipinski definition) is 1. The fraction of sp³-hybridized carbons (Fsp3) is 0.545. The SMILES string of the molecule is CCCCC(C)c1cc(F)ccn1. The Hall–Kier alpha value is -0.920. The lowest BCUT2D eigenvalue weighted by Gasteiger charge is -2.09. The summed E-state index contributed by atoms with van der Waals surface area (Å²) in [5.74, 6) is 0.184. The second-order valence-electron chi connectivity index (χ2n) is 3.44. The molecule has 0 aliphatic heterocycles. The van der Waals surface area contributed by atoms with Crippen molar-refractivity contribution >= 4 is 0 Å². The summed E-state index contributed by atoms with van der Waals surface area (Å²) in [5, 5.41) is 0. The summed E-state index contributed by atoms with van der Waals surface area (Å²) in [6.45, 7) is 4.25. The Morgan fingerprint density at radius 3 is 2.92 bits per heavy atom. The van der Waals surface area contributed by atoms with Crippen LogP contribution in [0, 0.1) is 5.82 Å².